The monoisotopic (exact) mass is 350 g/mol. The van der Waals surface area contributed by atoms with Gasteiger partial charge in [-0.2, -0.15) is 13.2 Å². The Morgan fingerprint density at radius 2 is 2.04 bits per heavy atom. The lowest BCUT2D eigenvalue weighted by atomic mass is 9.99. The molecule has 1 aliphatic heterocycles. The molecule has 0 aromatic heterocycles. The van der Waals surface area contributed by atoms with Gasteiger partial charge in [-0.25, -0.2) is 4.79 Å². The molecular formula is C14H14ClF3N2O3. The molecule has 0 bridgehead atoms. The Hall–Kier alpha value is -1.96. The number of carboxylic acids is 1. The van der Waals surface area contributed by atoms with Crippen molar-refractivity contribution < 1.29 is 27.9 Å². The topological polar surface area (TPSA) is 69.6 Å². The van der Waals surface area contributed by atoms with Gasteiger partial charge >= 0.3 is 18.2 Å². The second-order valence-corrected chi connectivity index (χ2v) is 5.68. The summed E-state index contributed by atoms with van der Waals surface area (Å²) in [5, 5.41) is 11.2. The second kappa shape index (κ2) is 6.66. The van der Waals surface area contributed by atoms with Gasteiger partial charge in [0, 0.05) is 18.1 Å². The highest BCUT2D eigenvalue weighted by Gasteiger charge is 2.35. The number of carbonyl (C=O) groups excluding carboxylic acids is 1. The first kappa shape index (κ1) is 17.4. The Morgan fingerprint density at radius 3 is 2.65 bits per heavy atom. The van der Waals surface area contributed by atoms with Crippen LogP contribution in [-0.4, -0.2) is 35.1 Å². The number of halogens is 4. The Morgan fingerprint density at radius 1 is 1.35 bits per heavy atom. The van der Waals surface area contributed by atoms with Crippen molar-refractivity contribution >= 4 is 29.3 Å². The normalized spacial score (nSPS) is 18.6. The number of hydrogen-bond donors (Lipinski definition) is 2. The van der Waals surface area contributed by atoms with Crippen LogP contribution in [0.3, 0.4) is 0 Å². The fraction of sp³-hybridized carbons (Fsp3) is 0.429. The zero-order chi connectivity index (χ0) is 17.2. The third-order valence-electron chi connectivity index (χ3n) is 3.59. The van der Waals surface area contributed by atoms with Crippen LogP contribution in [0, 0.1) is 5.92 Å². The summed E-state index contributed by atoms with van der Waals surface area (Å²) in [4.78, 5) is 24.3. The summed E-state index contributed by atoms with van der Waals surface area (Å²) in [5.41, 5.74) is -1.46. The number of hydrogen-bond acceptors (Lipinski definition) is 2. The molecule has 1 fully saturated rings. The van der Waals surface area contributed by atoms with Gasteiger partial charge in [-0.05, 0) is 31.0 Å². The third-order valence-corrected chi connectivity index (χ3v) is 3.82. The molecule has 5 nitrogen and oxygen atoms in total. The summed E-state index contributed by atoms with van der Waals surface area (Å²) in [7, 11) is 0. The van der Waals surface area contributed by atoms with Gasteiger partial charge in [0.05, 0.1) is 17.2 Å². The van der Waals surface area contributed by atoms with Crippen molar-refractivity contribution in [2.24, 2.45) is 5.92 Å². The summed E-state index contributed by atoms with van der Waals surface area (Å²) >= 11 is 5.69. The number of alkyl halides is 3. The smallest absolute Gasteiger partial charge is 0.418 e. The van der Waals surface area contributed by atoms with E-state index in [-0.39, 0.29) is 18.1 Å². The molecular weight excluding hydrogens is 337 g/mol. The van der Waals surface area contributed by atoms with Crippen LogP contribution in [0.1, 0.15) is 18.4 Å². The van der Waals surface area contributed by atoms with Crippen LogP contribution >= 0.6 is 11.6 Å². The molecule has 126 valence electrons. The molecule has 0 spiro atoms. The summed E-state index contributed by atoms with van der Waals surface area (Å²) in [5.74, 6) is -1.74. The summed E-state index contributed by atoms with van der Waals surface area (Å²) in [6.45, 7) is 0.251. The number of anilines is 1. The highest BCUT2D eigenvalue weighted by atomic mass is 35.5. The molecule has 2 amide bonds. The van der Waals surface area contributed by atoms with Gasteiger partial charge in [0.25, 0.3) is 0 Å². The Labute approximate surface area is 135 Å². The molecule has 0 radical (unpaired) electrons. The van der Waals surface area contributed by atoms with E-state index < -0.39 is 35.3 Å². The first-order chi connectivity index (χ1) is 10.7. The first-order valence-electron chi connectivity index (χ1n) is 6.84. The van der Waals surface area contributed by atoms with E-state index in [1.165, 1.54) is 4.90 Å². The maximum Gasteiger partial charge on any atom is 0.418 e. The maximum absolute atomic E-state index is 13.0. The molecule has 2 N–H and O–H groups in total. The maximum atomic E-state index is 13.0. The number of piperidine rings is 1. The predicted molar refractivity (Wildman–Crippen MR) is 77.4 cm³/mol. The molecule has 1 aliphatic rings. The fourth-order valence-corrected chi connectivity index (χ4v) is 2.60. The van der Waals surface area contributed by atoms with Crippen LogP contribution in [0.25, 0.3) is 0 Å². The van der Waals surface area contributed by atoms with Crippen LogP contribution in [0.15, 0.2) is 18.2 Å². The van der Waals surface area contributed by atoms with Gasteiger partial charge in [0.15, 0.2) is 0 Å². The van der Waals surface area contributed by atoms with Gasteiger partial charge in [-0.1, -0.05) is 11.6 Å². The number of carboxylic acid groups (broad SMARTS) is 1. The molecule has 1 atom stereocenters. The van der Waals surface area contributed by atoms with E-state index in [1.807, 2.05) is 0 Å². The van der Waals surface area contributed by atoms with E-state index in [1.54, 1.807) is 0 Å². The van der Waals surface area contributed by atoms with Gasteiger partial charge in [0.2, 0.25) is 0 Å². The van der Waals surface area contributed by atoms with Crippen molar-refractivity contribution in [3.05, 3.63) is 28.8 Å². The highest BCUT2D eigenvalue weighted by molar-refractivity contribution is 6.31. The second-order valence-electron chi connectivity index (χ2n) is 5.24. The Balaban J connectivity index is 2.17. The number of benzene rings is 1. The number of amides is 2. The predicted octanol–water partition coefficient (Wildman–Crippen LogP) is 3.69. The SMILES string of the molecule is O=C(O)C1CCCN(C(=O)Nc2cc(Cl)ccc2C(F)(F)F)C1. The zero-order valence-corrected chi connectivity index (χ0v) is 12.6. The Kier molecular flexibility index (Phi) is 5.03. The van der Waals surface area contributed by atoms with Crippen molar-refractivity contribution in [1.82, 2.24) is 4.90 Å². The number of likely N-dealkylation sites (tertiary alicyclic amines) is 1. The lowest BCUT2D eigenvalue weighted by Crippen LogP contribution is -2.44. The molecule has 1 heterocycles. The number of nitrogens with zero attached hydrogens (tertiary/aromatic N) is 1. The van der Waals surface area contributed by atoms with E-state index in [9.17, 15) is 22.8 Å². The van der Waals surface area contributed by atoms with Crippen molar-refractivity contribution in [1.29, 1.82) is 0 Å². The van der Waals surface area contributed by atoms with Gasteiger partial charge in [0.1, 0.15) is 0 Å². The van der Waals surface area contributed by atoms with Gasteiger partial charge in [-0.3, -0.25) is 4.79 Å². The largest absolute Gasteiger partial charge is 0.481 e. The minimum Gasteiger partial charge on any atom is -0.481 e. The molecule has 0 saturated carbocycles. The van der Waals surface area contributed by atoms with E-state index in [2.05, 4.69) is 5.32 Å². The quantitative estimate of drug-likeness (QED) is 0.854. The lowest BCUT2D eigenvalue weighted by Gasteiger charge is -2.31. The summed E-state index contributed by atoms with van der Waals surface area (Å²) in [6, 6.07) is 2.11. The molecule has 9 heteroatoms. The van der Waals surface area contributed by atoms with Crippen LogP contribution < -0.4 is 5.32 Å². The molecule has 1 aromatic rings. The molecule has 2 rings (SSSR count). The average Bonchev–Trinajstić information content (AvgIpc) is 2.46. The molecule has 23 heavy (non-hydrogen) atoms. The van der Waals surface area contributed by atoms with Crippen molar-refractivity contribution in [3.8, 4) is 0 Å². The minimum absolute atomic E-state index is 0.0386. The van der Waals surface area contributed by atoms with Crippen molar-refractivity contribution in [2.75, 3.05) is 18.4 Å². The average molecular weight is 351 g/mol. The number of rotatable bonds is 2. The molecule has 1 saturated heterocycles. The lowest BCUT2D eigenvalue weighted by molar-refractivity contribution is -0.143. The van der Waals surface area contributed by atoms with Crippen molar-refractivity contribution in [3.63, 3.8) is 0 Å². The van der Waals surface area contributed by atoms with E-state index in [0.29, 0.717) is 12.8 Å². The van der Waals surface area contributed by atoms with Crippen LogP contribution in [-0.2, 0) is 11.0 Å². The number of nitrogens with one attached hydrogen (secondary N) is 1. The van der Waals surface area contributed by atoms with E-state index >= 15 is 0 Å². The van der Waals surface area contributed by atoms with Gasteiger partial charge in [-0.15, -0.1) is 0 Å². The van der Waals surface area contributed by atoms with Crippen LogP contribution in [0.4, 0.5) is 23.7 Å². The first-order valence-corrected chi connectivity index (χ1v) is 7.22. The van der Waals surface area contributed by atoms with E-state index in [0.717, 1.165) is 18.2 Å². The zero-order valence-electron chi connectivity index (χ0n) is 11.9. The number of urea groups is 1. The van der Waals surface area contributed by atoms with Crippen LogP contribution in [0.5, 0.6) is 0 Å². The molecule has 1 aromatic carbocycles. The fourth-order valence-electron chi connectivity index (χ4n) is 2.42. The summed E-state index contributed by atoms with van der Waals surface area (Å²) < 4.78 is 38.9. The molecule has 1 unspecified atom stereocenters. The van der Waals surface area contributed by atoms with Gasteiger partial charge < -0.3 is 15.3 Å². The molecule has 0 aliphatic carbocycles. The number of aliphatic carboxylic acids is 1. The van der Waals surface area contributed by atoms with Crippen LogP contribution in [0.2, 0.25) is 5.02 Å². The number of carbonyl (C=O) groups is 2. The highest BCUT2D eigenvalue weighted by Crippen LogP contribution is 2.36. The summed E-state index contributed by atoms with van der Waals surface area (Å²) in [6.07, 6.45) is -3.73. The standard InChI is InChI=1S/C14H14ClF3N2O3/c15-9-3-4-10(14(16,17)18)11(6-9)19-13(23)20-5-1-2-8(7-20)12(21)22/h3-4,6,8H,1-2,5,7H2,(H,19,23)(H,21,22). The van der Waals surface area contributed by atoms with E-state index in [4.69, 9.17) is 16.7 Å². The Bertz CT molecular complexity index is 622. The minimum atomic E-state index is -4.64. The third kappa shape index (κ3) is 4.28. The van der Waals surface area contributed by atoms with Crippen molar-refractivity contribution in [2.45, 2.75) is 19.0 Å².